The van der Waals surface area contributed by atoms with Crippen molar-refractivity contribution in [1.29, 1.82) is 0 Å². The Hall–Kier alpha value is -1.01. The van der Waals surface area contributed by atoms with E-state index in [1.807, 2.05) is 6.92 Å². The van der Waals surface area contributed by atoms with Crippen molar-refractivity contribution >= 4 is 17.7 Å². The first-order chi connectivity index (χ1) is 9.63. The first-order valence-electron chi connectivity index (χ1n) is 7.10. The van der Waals surface area contributed by atoms with Crippen molar-refractivity contribution < 1.29 is 9.53 Å². The molecule has 1 aliphatic heterocycles. The fourth-order valence-corrected chi connectivity index (χ4v) is 3.58. The molecule has 2 heterocycles. The first kappa shape index (κ1) is 15.4. The number of aryl methyl sites for hydroxylation is 1. The minimum absolute atomic E-state index is 0.0278. The van der Waals surface area contributed by atoms with Gasteiger partial charge in [0.25, 0.3) is 0 Å². The molecule has 5 nitrogen and oxygen atoms in total. The molecular weight excluding hydrogens is 274 g/mol. The van der Waals surface area contributed by atoms with Crippen LogP contribution in [0.1, 0.15) is 30.7 Å². The number of ether oxygens (including phenoxy) is 1. The summed E-state index contributed by atoms with van der Waals surface area (Å²) in [6, 6.07) is 0. The van der Waals surface area contributed by atoms with Gasteiger partial charge in [-0.1, -0.05) is 18.2 Å². The van der Waals surface area contributed by atoms with Gasteiger partial charge in [0.2, 0.25) is 5.91 Å². The lowest BCUT2D eigenvalue weighted by Gasteiger charge is -2.14. The Morgan fingerprint density at radius 3 is 3.00 bits per heavy atom. The van der Waals surface area contributed by atoms with Gasteiger partial charge in [-0.15, -0.1) is 0 Å². The maximum absolute atomic E-state index is 12.0. The highest BCUT2D eigenvalue weighted by molar-refractivity contribution is 8.00. The molecule has 1 aromatic heterocycles. The molecule has 0 aliphatic carbocycles. The lowest BCUT2D eigenvalue weighted by molar-refractivity contribution is -0.120. The molecule has 1 amide bonds. The van der Waals surface area contributed by atoms with Gasteiger partial charge in [0.05, 0.1) is 17.6 Å². The molecule has 1 aliphatic rings. The summed E-state index contributed by atoms with van der Waals surface area (Å²) in [6.07, 6.45) is 3.08. The number of methoxy groups -OCH3 is 1. The first-order valence-corrected chi connectivity index (χ1v) is 7.98. The number of aromatic nitrogens is 2. The molecule has 1 saturated heterocycles. The summed E-state index contributed by atoms with van der Waals surface area (Å²) >= 11 is 1.58. The number of carbonyl (C=O) groups is 1. The van der Waals surface area contributed by atoms with E-state index in [1.165, 1.54) is 0 Å². The summed E-state index contributed by atoms with van der Waals surface area (Å²) in [4.78, 5) is 16.7. The zero-order valence-electron chi connectivity index (χ0n) is 12.4. The van der Waals surface area contributed by atoms with Gasteiger partial charge in [-0.05, 0) is 26.7 Å². The number of rotatable bonds is 5. The molecule has 0 aromatic carbocycles. The summed E-state index contributed by atoms with van der Waals surface area (Å²) in [6.45, 7) is 6.30. The second-order valence-electron chi connectivity index (χ2n) is 5.10. The van der Waals surface area contributed by atoms with E-state index in [4.69, 9.17) is 4.74 Å². The SMILES string of the molecule is COCCn1c(S[C@@H]2CCCCNC2=O)nc(C)c1C. The van der Waals surface area contributed by atoms with Crippen molar-refractivity contribution in [2.45, 2.75) is 50.1 Å². The minimum Gasteiger partial charge on any atom is -0.383 e. The largest absolute Gasteiger partial charge is 0.383 e. The topological polar surface area (TPSA) is 56.1 Å². The molecule has 1 atom stereocenters. The average Bonchev–Trinajstić information content (AvgIpc) is 2.58. The molecule has 0 radical (unpaired) electrons. The van der Waals surface area contributed by atoms with E-state index < -0.39 is 0 Å². The molecular formula is C14H23N3O2S. The van der Waals surface area contributed by atoms with Crippen LogP contribution in [0, 0.1) is 13.8 Å². The number of amides is 1. The number of nitrogens with zero attached hydrogens (tertiary/aromatic N) is 2. The predicted octanol–water partition coefficient (Wildman–Crippen LogP) is 1.91. The molecule has 0 spiro atoms. The number of nitrogens with one attached hydrogen (secondary N) is 1. The number of imidazole rings is 1. The predicted molar refractivity (Wildman–Crippen MR) is 80.1 cm³/mol. The lowest BCUT2D eigenvalue weighted by atomic mass is 10.2. The molecule has 1 fully saturated rings. The Bertz CT molecular complexity index is 473. The summed E-state index contributed by atoms with van der Waals surface area (Å²) < 4.78 is 7.31. The van der Waals surface area contributed by atoms with Crippen molar-refractivity contribution in [3.05, 3.63) is 11.4 Å². The zero-order valence-corrected chi connectivity index (χ0v) is 13.3. The molecule has 0 unspecified atom stereocenters. The highest BCUT2D eigenvalue weighted by Crippen LogP contribution is 2.29. The Morgan fingerprint density at radius 2 is 2.25 bits per heavy atom. The Balaban J connectivity index is 2.14. The van der Waals surface area contributed by atoms with Crippen molar-refractivity contribution in [2.75, 3.05) is 20.3 Å². The van der Waals surface area contributed by atoms with Gasteiger partial charge in [0, 0.05) is 25.9 Å². The average molecular weight is 297 g/mol. The van der Waals surface area contributed by atoms with E-state index in [2.05, 4.69) is 21.8 Å². The van der Waals surface area contributed by atoms with E-state index >= 15 is 0 Å². The second-order valence-corrected chi connectivity index (χ2v) is 6.27. The molecule has 112 valence electrons. The van der Waals surface area contributed by atoms with Gasteiger partial charge >= 0.3 is 0 Å². The Labute approximate surface area is 124 Å². The van der Waals surface area contributed by atoms with Gasteiger partial charge in [-0.3, -0.25) is 4.79 Å². The molecule has 6 heteroatoms. The standard InChI is InChI=1S/C14H23N3O2S/c1-10-11(2)17(8-9-19-3)14(16-10)20-12-6-4-5-7-15-13(12)18/h12H,4-9H2,1-3H3,(H,15,18)/t12-/m1/s1. The number of hydrogen-bond acceptors (Lipinski definition) is 4. The van der Waals surface area contributed by atoms with Gasteiger partial charge < -0.3 is 14.6 Å². The van der Waals surface area contributed by atoms with Crippen molar-refractivity contribution in [3.8, 4) is 0 Å². The van der Waals surface area contributed by atoms with Crippen LogP contribution in [0.5, 0.6) is 0 Å². The number of carbonyl (C=O) groups excluding carboxylic acids is 1. The van der Waals surface area contributed by atoms with E-state index in [0.29, 0.717) is 6.61 Å². The van der Waals surface area contributed by atoms with Crippen LogP contribution in [0.25, 0.3) is 0 Å². The minimum atomic E-state index is -0.0278. The summed E-state index contributed by atoms with van der Waals surface area (Å²) in [5.41, 5.74) is 2.18. The van der Waals surface area contributed by atoms with Gasteiger partial charge in [-0.2, -0.15) is 0 Å². The quantitative estimate of drug-likeness (QED) is 0.902. The molecule has 2 rings (SSSR count). The van der Waals surface area contributed by atoms with Crippen LogP contribution in [0.2, 0.25) is 0 Å². The molecule has 1 aromatic rings. The maximum Gasteiger partial charge on any atom is 0.233 e. The van der Waals surface area contributed by atoms with Crippen LogP contribution in [-0.2, 0) is 16.1 Å². The fourth-order valence-electron chi connectivity index (χ4n) is 2.31. The summed E-state index contributed by atoms with van der Waals surface area (Å²) in [7, 11) is 1.70. The number of thioether (sulfide) groups is 1. The second kappa shape index (κ2) is 7.13. The molecule has 20 heavy (non-hydrogen) atoms. The monoisotopic (exact) mass is 297 g/mol. The smallest absolute Gasteiger partial charge is 0.233 e. The molecule has 0 saturated carbocycles. The van der Waals surface area contributed by atoms with Crippen LogP contribution in [-0.4, -0.2) is 41.0 Å². The normalized spacial score (nSPS) is 19.8. The number of hydrogen-bond donors (Lipinski definition) is 1. The van der Waals surface area contributed by atoms with Crippen molar-refractivity contribution in [2.24, 2.45) is 0 Å². The molecule has 0 bridgehead atoms. The van der Waals surface area contributed by atoms with Gasteiger partial charge in [0.1, 0.15) is 0 Å². The van der Waals surface area contributed by atoms with Crippen LogP contribution < -0.4 is 5.32 Å². The Morgan fingerprint density at radius 1 is 1.45 bits per heavy atom. The maximum atomic E-state index is 12.0. The van der Waals surface area contributed by atoms with E-state index in [0.717, 1.165) is 48.9 Å². The molecule has 1 N–H and O–H groups in total. The lowest BCUT2D eigenvalue weighted by Crippen LogP contribution is -2.30. The third-order valence-electron chi connectivity index (χ3n) is 3.67. The van der Waals surface area contributed by atoms with E-state index in [-0.39, 0.29) is 11.2 Å². The van der Waals surface area contributed by atoms with Crippen LogP contribution in [0.15, 0.2) is 5.16 Å². The summed E-state index contributed by atoms with van der Waals surface area (Å²) in [5.74, 6) is 0.143. The van der Waals surface area contributed by atoms with Gasteiger partial charge in [-0.25, -0.2) is 4.98 Å². The summed E-state index contributed by atoms with van der Waals surface area (Å²) in [5, 5.41) is 3.88. The Kier molecular flexibility index (Phi) is 5.48. The van der Waals surface area contributed by atoms with Gasteiger partial charge in [0.15, 0.2) is 5.16 Å². The van der Waals surface area contributed by atoms with E-state index in [1.54, 1.807) is 18.9 Å². The third kappa shape index (κ3) is 3.55. The van der Waals surface area contributed by atoms with E-state index in [9.17, 15) is 4.79 Å². The third-order valence-corrected chi connectivity index (χ3v) is 4.93. The van der Waals surface area contributed by atoms with Crippen LogP contribution in [0.3, 0.4) is 0 Å². The highest BCUT2D eigenvalue weighted by Gasteiger charge is 2.24. The zero-order chi connectivity index (χ0) is 14.5. The highest BCUT2D eigenvalue weighted by atomic mass is 32.2. The van der Waals surface area contributed by atoms with Crippen molar-refractivity contribution in [1.82, 2.24) is 14.9 Å². The fraction of sp³-hybridized carbons (Fsp3) is 0.714. The van der Waals surface area contributed by atoms with Crippen LogP contribution >= 0.6 is 11.8 Å². The van der Waals surface area contributed by atoms with Crippen LogP contribution in [0.4, 0.5) is 0 Å². The van der Waals surface area contributed by atoms with Crippen molar-refractivity contribution in [3.63, 3.8) is 0 Å².